The van der Waals surface area contributed by atoms with Gasteiger partial charge in [0.1, 0.15) is 10.8 Å². The Bertz CT molecular complexity index is 899. The van der Waals surface area contributed by atoms with E-state index in [1.165, 1.54) is 0 Å². The van der Waals surface area contributed by atoms with Crippen LogP contribution in [0.4, 0.5) is 0 Å². The monoisotopic (exact) mass is 398 g/mol. The van der Waals surface area contributed by atoms with E-state index in [1.807, 2.05) is 42.5 Å². The maximum atomic E-state index is 6.10. The molecule has 0 N–H and O–H groups in total. The molecular formula is C19H15BrN2OS. The number of rotatable bonds is 3. The lowest BCUT2D eigenvalue weighted by molar-refractivity contribution is 0.435. The summed E-state index contributed by atoms with van der Waals surface area (Å²) in [6.07, 6.45) is 0.793. The first-order valence-electron chi connectivity index (χ1n) is 7.80. The van der Waals surface area contributed by atoms with Crippen LogP contribution in [0.25, 0.3) is 11.4 Å². The number of halogens is 1. The molecule has 0 unspecified atom stereocenters. The predicted molar refractivity (Wildman–Crippen MR) is 101 cm³/mol. The van der Waals surface area contributed by atoms with Crippen LogP contribution in [0.3, 0.4) is 0 Å². The van der Waals surface area contributed by atoms with E-state index in [4.69, 9.17) is 9.72 Å². The average molecular weight is 399 g/mol. The number of thioether (sulfide) groups is 1. The zero-order chi connectivity index (χ0) is 16.5. The number of fused-ring (bicyclic) bond motifs is 2. The quantitative estimate of drug-likeness (QED) is 0.326. The Labute approximate surface area is 153 Å². The van der Waals surface area contributed by atoms with Crippen LogP contribution in [0.15, 0.2) is 58.0 Å². The number of nitrogens with zero attached hydrogens (tertiary/aromatic N) is 2. The Morgan fingerprint density at radius 3 is 2.75 bits per heavy atom. The molecule has 0 atom stereocenters. The number of benzene rings is 2. The van der Waals surface area contributed by atoms with Crippen molar-refractivity contribution in [3.05, 3.63) is 64.1 Å². The van der Waals surface area contributed by atoms with Gasteiger partial charge in [0.25, 0.3) is 0 Å². The molecule has 0 aliphatic carbocycles. The third-order valence-electron chi connectivity index (χ3n) is 3.84. The Kier molecular flexibility index (Phi) is 4.29. The molecular weight excluding hydrogens is 384 g/mol. The zero-order valence-electron chi connectivity index (χ0n) is 13.1. The minimum atomic E-state index is 0.676. The van der Waals surface area contributed by atoms with E-state index < -0.39 is 0 Å². The molecule has 4 rings (SSSR count). The maximum absolute atomic E-state index is 6.10. The fourth-order valence-corrected chi connectivity index (χ4v) is 3.90. The largest absolute Gasteiger partial charge is 0.438 e. The summed E-state index contributed by atoms with van der Waals surface area (Å²) in [5.41, 5.74) is 3.24. The van der Waals surface area contributed by atoms with E-state index in [2.05, 4.69) is 33.9 Å². The fourth-order valence-electron chi connectivity index (χ4n) is 2.73. The molecule has 1 aliphatic rings. The number of hydrogen-bond acceptors (Lipinski definition) is 4. The summed E-state index contributed by atoms with van der Waals surface area (Å²) in [5.74, 6) is 3.22. The summed E-state index contributed by atoms with van der Waals surface area (Å²) < 4.78 is 7.15. The minimum absolute atomic E-state index is 0.676. The number of aromatic nitrogens is 2. The van der Waals surface area contributed by atoms with Crippen molar-refractivity contribution < 1.29 is 4.74 Å². The Hall–Kier alpha value is -1.85. The topological polar surface area (TPSA) is 35.0 Å². The van der Waals surface area contributed by atoms with Crippen LogP contribution in [-0.4, -0.2) is 15.7 Å². The van der Waals surface area contributed by atoms with Gasteiger partial charge < -0.3 is 4.74 Å². The van der Waals surface area contributed by atoms with Gasteiger partial charge in [-0.2, -0.15) is 4.98 Å². The second-order valence-electron chi connectivity index (χ2n) is 5.47. The highest BCUT2D eigenvalue weighted by Gasteiger charge is 2.24. The molecule has 0 fully saturated rings. The third kappa shape index (κ3) is 2.94. The molecule has 24 heavy (non-hydrogen) atoms. The fraction of sp³-hybridized carbons (Fsp3) is 0.158. The van der Waals surface area contributed by atoms with Crippen LogP contribution in [-0.2, 0) is 6.42 Å². The lowest BCUT2D eigenvalue weighted by atomic mass is 10.0. The van der Waals surface area contributed by atoms with E-state index >= 15 is 0 Å². The molecule has 1 aromatic heterocycles. The van der Waals surface area contributed by atoms with Gasteiger partial charge in [0.15, 0.2) is 5.82 Å². The second-order valence-corrected chi connectivity index (χ2v) is 7.63. The Balaban J connectivity index is 1.83. The normalized spacial score (nSPS) is 12.2. The van der Waals surface area contributed by atoms with Crippen molar-refractivity contribution in [1.82, 2.24) is 9.97 Å². The van der Waals surface area contributed by atoms with Gasteiger partial charge >= 0.3 is 0 Å². The SMILES string of the molecule is CCSc1nc(-c2ccccc2)nc2c1Cc1cc(Br)ccc1O2. The van der Waals surface area contributed by atoms with Gasteiger partial charge in [0, 0.05) is 22.0 Å². The van der Waals surface area contributed by atoms with Gasteiger partial charge in [-0.15, -0.1) is 11.8 Å². The van der Waals surface area contributed by atoms with Crippen molar-refractivity contribution in [2.24, 2.45) is 0 Å². The number of ether oxygens (including phenoxy) is 1. The lowest BCUT2D eigenvalue weighted by Crippen LogP contribution is -2.09. The first kappa shape index (κ1) is 15.7. The van der Waals surface area contributed by atoms with Crippen LogP contribution in [0, 0.1) is 0 Å². The van der Waals surface area contributed by atoms with E-state index in [9.17, 15) is 0 Å². The van der Waals surface area contributed by atoms with E-state index in [-0.39, 0.29) is 0 Å². The van der Waals surface area contributed by atoms with E-state index in [1.54, 1.807) is 11.8 Å². The maximum Gasteiger partial charge on any atom is 0.227 e. The second kappa shape index (κ2) is 6.57. The highest BCUT2D eigenvalue weighted by atomic mass is 79.9. The molecule has 0 amide bonds. The molecule has 0 saturated carbocycles. The number of hydrogen-bond donors (Lipinski definition) is 0. The van der Waals surface area contributed by atoms with Crippen molar-refractivity contribution in [3.8, 4) is 23.0 Å². The molecule has 5 heteroatoms. The smallest absolute Gasteiger partial charge is 0.227 e. The Morgan fingerprint density at radius 1 is 1.12 bits per heavy atom. The molecule has 2 heterocycles. The summed E-state index contributed by atoms with van der Waals surface area (Å²) in [6.45, 7) is 2.13. The molecule has 0 radical (unpaired) electrons. The van der Waals surface area contributed by atoms with Gasteiger partial charge in [-0.1, -0.05) is 53.2 Å². The first-order chi connectivity index (χ1) is 11.7. The average Bonchev–Trinajstić information content (AvgIpc) is 2.61. The van der Waals surface area contributed by atoms with Gasteiger partial charge in [0.05, 0.1) is 5.56 Å². The molecule has 0 bridgehead atoms. The zero-order valence-corrected chi connectivity index (χ0v) is 15.5. The van der Waals surface area contributed by atoms with Gasteiger partial charge in [-0.25, -0.2) is 4.98 Å². The van der Waals surface area contributed by atoms with Gasteiger partial charge in [-0.3, -0.25) is 0 Å². The molecule has 3 nitrogen and oxygen atoms in total. The molecule has 3 aromatic rings. The lowest BCUT2D eigenvalue weighted by Gasteiger charge is -2.21. The molecule has 0 spiro atoms. The Morgan fingerprint density at radius 2 is 1.96 bits per heavy atom. The summed E-state index contributed by atoms with van der Waals surface area (Å²) in [4.78, 5) is 9.49. The van der Waals surface area contributed by atoms with Crippen LogP contribution in [0.1, 0.15) is 18.1 Å². The highest BCUT2D eigenvalue weighted by Crippen LogP contribution is 2.41. The van der Waals surface area contributed by atoms with Crippen LogP contribution in [0.2, 0.25) is 0 Å². The van der Waals surface area contributed by atoms with Gasteiger partial charge in [0.2, 0.25) is 5.88 Å². The van der Waals surface area contributed by atoms with Crippen LogP contribution in [0.5, 0.6) is 11.6 Å². The van der Waals surface area contributed by atoms with Crippen molar-refractivity contribution in [2.45, 2.75) is 18.4 Å². The standard InChI is InChI=1S/C19H15BrN2OS/c1-2-24-19-15-11-13-10-14(20)8-9-16(13)23-18(15)21-17(22-19)12-6-4-3-5-7-12/h3-10H,2,11H2,1H3. The molecule has 0 saturated heterocycles. The summed E-state index contributed by atoms with van der Waals surface area (Å²) in [5, 5.41) is 1.01. The highest BCUT2D eigenvalue weighted by molar-refractivity contribution is 9.10. The minimum Gasteiger partial charge on any atom is -0.438 e. The predicted octanol–water partition coefficient (Wildman–Crippen LogP) is 5.71. The van der Waals surface area contributed by atoms with Crippen molar-refractivity contribution in [3.63, 3.8) is 0 Å². The van der Waals surface area contributed by atoms with Crippen molar-refractivity contribution >= 4 is 27.7 Å². The van der Waals surface area contributed by atoms with E-state index in [0.29, 0.717) is 11.7 Å². The first-order valence-corrected chi connectivity index (χ1v) is 9.58. The molecule has 1 aliphatic heterocycles. The third-order valence-corrected chi connectivity index (χ3v) is 5.23. The molecule has 120 valence electrons. The summed E-state index contributed by atoms with van der Waals surface area (Å²) >= 11 is 5.26. The van der Waals surface area contributed by atoms with Crippen LogP contribution >= 0.6 is 27.7 Å². The molecule has 2 aromatic carbocycles. The summed E-state index contributed by atoms with van der Waals surface area (Å²) in [7, 11) is 0. The van der Waals surface area contributed by atoms with Crippen LogP contribution < -0.4 is 4.74 Å². The van der Waals surface area contributed by atoms with Crippen molar-refractivity contribution in [1.29, 1.82) is 0 Å². The van der Waals surface area contributed by atoms with Gasteiger partial charge in [-0.05, 0) is 24.0 Å². The summed E-state index contributed by atoms with van der Waals surface area (Å²) in [6, 6.07) is 16.1. The van der Waals surface area contributed by atoms with Crippen molar-refractivity contribution in [2.75, 3.05) is 5.75 Å². The van der Waals surface area contributed by atoms with E-state index in [0.717, 1.165) is 44.1 Å².